The van der Waals surface area contributed by atoms with Gasteiger partial charge in [0.25, 0.3) is 30.4 Å². The number of ether oxygens (including phenoxy) is 2. The average Bonchev–Trinajstić information content (AvgIpc) is 3.49. The third kappa shape index (κ3) is 11.3. The van der Waals surface area contributed by atoms with Crippen LogP contribution in [-0.2, 0) is 55.5 Å². The fraction of sp³-hybridized carbons (Fsp3) is 0.487. The van der Waals surface area contributed by atoms with E-state index in [2.05, 4.69) is 4.58 Å². The molecule has 2 aromatic rings. The van der Waals surface area contributed by atoms with Crippen LogP contribution < -0.4 is 4.90 Å². The number of hydrogen-bond acceptors (Lipinski definition) is 10. The van der Waals surface area contributed by atoms with Crippen LogP contribution in [0.1, 0.15) is 76.8 Å². The van der Waals surface area contributed by atoms with E-state index in [4.69, 9.17) is 14.6 Å². The van der Waals surface area contributed by atoms with Crippen LogP contribution in [-0.4, -0.2) is 106 Å². The topological polar surface area (TPSA) is 225 Å². The minimum atomic E-state index is -4.54. The lowest BCUT2D eigenvalue weighted by molar-refractivity contribution is -0.438. The fourth-order valence-corrected chi connectivity index (χ4v) is 9.22. The first-order valence-corrected chi connectivity index (χ1v) is 23.1. The van der Waals surface area contributed by atoms with Gasteiger partial charge in [0, 0.05) is 67.6 Å². The lowest BCUT2D eigenvalue weighted by Crippen LogP contribution is -2.33. The highest BCUT2D eigenvalue weighted by molar-refractivity contribution is 7.86. The molecule has 0 fully saturated rings. The van der Waals surface area contributed by atoms with Gasteiger partial charge in [0.05, 0.1) is 34.2 Å². The monoisotopic (exact) mass is 853 g/mol. The van der Waals surface area contributed by atoms with Gasteiger partial charge in [-0.15, -0.1) is 0 Å². The zero-order chi connectivity index (χ0) is 42.2. The number of carboxylic acids is 1. The molecule has 0 saturated carbocycles. The van der Waals surface area contributed by atoms with Crippen molar-refractivity contribution in [3.8, 4) is 0 Å². The molecule has 2 atom stereocenters. The third-order valence-corrected chi connectivity index (χ3v) is 13.1. The molecule has 4 N–H and O–H groups in total. The molecule has 0 bridgehead atoms. The second kappa shape index (κ2) is 18.9. The van der Waals surface area contributed by atoms with E-state index in [9.17, 15) is 43.7 Å². The molecular formula is C39H53N2O13S3+. The first-order chi connectivity index (χ1) is 26.7. The van der Waals surface area contributed by atoms with Crippen LogP contribution in [0, 0.1) is 0 Å². The zero-order valence-corrected chi connectivity index (χ0v) is 35.1. The van der Waals surface area contributed by atoms with Crippen LogP contribution in [0.15, 0.2) is 82.3 Å². The summed E-state index contributed by atoms with van der Waals surface area (Å²) in [6.45, 7) is 7.78. The number of hydrogen-bond donors (Lipinski definition) is 4. The second-order valence-electron chi connectivity index (χ2n) is 14.5. The molecule has 0 amide bonds. The molecule has 0 spiro atoms. The molecule has 2 heterocycles. The molecule has 2 aliphatic rings. The number of unbranched alkanes of at least 4 members (excludes halogenated alkanes) is 2. The quantitative estimate of drug-likeness (QED) is 0.0483. The van der Waals surface area contributed by atoms with Crippen molar-refractivity contribution in [3.05, 3.63) is 83.6 Å². The minimum absolute atomic E-state index is 0.0451. The number of aliphatic carboxylic acids is 1. The predicted octanol–water partition coefficient (Wildman–Crippen LogP) is 5.70. The Balaban J connectivity index is 1.77. The summed E-state index contributed by atoms with van der Waals surface area (Å²) in [5.74, 6) is -1.37. The SMILES string of the molecule is CCN1/C(=C/C=C/C=C/C2=[N+](CCCCCC(=O)O)c3ccc(S(=O)(=O)O)cc3C2(C)CCOCCOC)C(C)(CCCS(=O)(=O)O)c2cc(S(=O)(=O)O)ccc21. The van der Waals surface area contributed by atoms with E-state index in [1.165, 1.54) is 24.3 Å². The van der Waals surface area contributed by atoms with E-state index >= 15 is 0 Å². The van der Waals surface area contributed by atoms with Crippen molar-refractivity contribution < 1.29 is 62.9 Å². The number of benzene rings is 2. The molecule has 0 aliphatic carbocycles. The molecule has 314 valence electrons. The molecule has 2 aliphatic heterocycles. The van der Waals surface area contributed by atoms with Gasteiger partial charge < -0.3 is 19.5 Å². The van der Waals surface area contributed by atoms with E-state index in [0.717, 1.165) is 17.1 Å². The lowest BCUT2D eigenvalue weighted by atomic mass is 9.76. The van der Waals surface area contributed by atoms with Gasteiger partial charge in [0.2, 0.25) is 5.69 Å². The Hall–Kier alpha value is -3.75. The van der Waals surface area contributed by atoms with Gasteiger partial charge in [-0.05, 0) is 94.8 Å². The first kappa shape index (κ1) is 45.9. The summed E-state index contributed by atoms with van der Waals surface area (Å²) < 4.78 is 114. The Bertz CT molecular complexity index is 2270. The van der Waals surface area contributed by atoms with Crippen LogP contribution in [0.5, 0.6) is 0 Å². The van der Waals surface area contributed by atoms with Crippen molar-refractivity contribution in [2.75, 3.05) is 50.7 Å². The molecule has 0 radical (unpaired) electrons. The largest absolute Gasteiger partial charge is 0.481 e. The summed E-state index contributed by atoms with van der Waals surface area (Å²) in [5, 5.41) is 9.13. The summed E-state index contributed by atoms with van der Waals surface area (Å²) in [5.41, 5.74) is 2.58. The van der Waals surface area contributed by atoms with Crippen LogP contribution in [0.3, 0.4) is 0 Å². The zero-order valence-electron chi connectivity index (χ0n) is 32.6. The van der Waals surface area contributed by atoms with E-state index in [-0.39, 0.29) is 29.1 Å². The van der Waals surface area contributed by atoms with Crippen molar-refractivity contribution in [2.24, 2.45) is 0 Å². The van der Waals surface area contributed by atoms with Gasteiger partial charge in [0.15, 0.2) is 5.71 Å². The van der Waals surface area contributed by atoms with Crippen molar-refractivity contribution in [1.82, 2.24) is 0 Å². The second-order valence-corrected chi connectivity index (χ2v) is 18.9. The number of fused-ring (bicyclic) bond motifs is 2. The Morgan fingerprint density at radius 3 is 2.09 bits per heavy atom. The highest BCUT2D eigenvalue weighted by atomic mass is 32.2. The molecule has 57 heavy (non-hydrogen) atoms. The van der Waals surface area contributed by atoms with Gasteiger partial charge >= 0.3 is 5.97 Å². The molecule has 15 nitrogen and oxygen atoms in total. The number of carbonyl (C=O) groups is 1. The normalized spacial score (nSPS) is 20.7. The molecular weight excluding hydrogens is 801 g/mol. The van der Waals surface area contributed by atoms with E-state index < -0.39 is 52.9 Å². The molecule has 4 rings (SSSR count). The van der Waals surface area contributed by atoms with Gasteiger partial charge in [-0.1, -0.05) is 18.2 Å². The number of likely N-dealkylation sites (N-methyl/N-ethyl adjacent to an activating group) is 1. The Kier molecular flexibility index (Phi) is 15.2. The molecule has 2 aromatic carbocycles. The van der Waals surface area contributed by atoms with Gasteiger partial charge in [-0.25, -0.2) is 0 Å². The van der Waals surface area contributed by atoms with Crippen molar-refractivity contribution in [1.29, 1.82) is 0 Å². The van der Waals surface area contributed by atoms with Gasteiger partial charge in [0.1, 0.15) is 6.54 Å². The summed E-state index contributed by atoms with van der Waals surface area (Å²) in [7, 11) is -11.8. The number of anilines is 1. The first-order valence-electron chi connectivity index (χ1n) is 18.6. The number of methoxy groups -OCH3 is 1. The Labute approximate surface area is 335 Å². The molecule has 2 unspecified atom stereocenters. The standard InChI is InChI=1S/C39H52N2O13S3/c1-5-40-33-18-16-29(56(47,48)49)27-31(33)38(2,20-12-26-55(44,45)46)35(40)13-8-6-9-14-36-39(3,21-23-54-25-24-53-4)32-28-30(57(50,51)52)17-19-34(32)41(36)22-11-7-10-15-37(42)43/h6,8-9,13-14,16-19,27-28H,5,7,10-12,15,20-26H2,1-4H3,(H3-,42,43,44,45,46,47,48,49,50,51,52)/p+1. The van der Waals surface area contributed by atoms with Crippen LogP contribution in [0.4, 0.5) is 11.4 Å². The lowest BCUT2D eigenvalue weighted by Gasteiger charge is -2.30. The minimum Gasteiger partial charge on any atom is -0.481 e. The number of rotatable bonds is 22. The van der Waals surface area contributed by atoms with Gasteiger partial charge in [-0.3, -0.25) is 18.5 Å². The van der Waals surface area contributed by atoms with E-state index in [1.807, 2.05) is 43.9 Å². The summed E-state index contributed by atoms with van der Waals surface area (Å²) in [4.78, 5) is 12.6. The smallest absolute Gasteiger partial charge is 0.303 e. The van der Waals surface area contributed by atoms with Crippen molar-refractivity contribution >= 4 is 53.4 Å². The summed E-state index contributed by atoms with van der Waals surface area (Å²) >= 11 is 0. The van der Waals surface area contributed by atoms with Gasteiger partial charge in [-0.2, -0.15) is 29.8 Å². The molecule has 18 heteroatoms. The molecule has 0 saturated heterocycles. The fourth-order valence-electron chi connectivity index (χ4n) is 7.70. The average molecular weight is 854 g/mol. The maximum atomic E-state index is 12.3. The number of allylic oxidation sites excluding steroid dienone is 6. The highest BCUT2D eigenvalue weighted by Crippen LogP contribution is 2.51. The highest BCUT2D eigenvalue weighted by Gasteiger charge is 2.48. The third-order valence-electron chi connectivity index (χ3n) is 10.6. The van der Waals surface area contributed by atoms with Crippen molar-refractivity contribution in [2.45, 2.75) is 86.3 Å². The molecule has 0 aromatic heterocycles. The number of nitrogens with zero attached hydrogens (tertiary/aromatic N) is 2. The Morgan fingerprint density at radius 2 is 1.47 bits per heavy atom. The van der Waals surface area contributed by atoms with E-state index in [1.54, 1.807) is 31.4 Å². The van der Waals surface area contributed by atoms with Crippen LogP contribution >= 0.6 is 0 Å². The maximum absolute atomic E-state index is 12.3. The van der Waals surface area contributed by atoms with Crippen LogP contribution in [0.2, 0.25) is 0 Å². The predicted molar refractivity (Wildman–Crippen MR) is 215 cm³/mol. The van der Waals surface area contributed by atoms with Crippen LogP contribution in [0.25, 0.3) is 0 Å². The summed E-state index contributed by atoms with van der Waals surface area (Å²) in [6, 6.07) is 8.80. The summed E-state index contributed by atoms with van der Waals surface area (Å²) in [6.07, 6.45) is 11.8. The number of carboxylic acid groups (broad SMARTS) is 1. The van der Waals surface area contributed by atoms with E-state index in [0.29, 0.717) is 75.4 Å². The maximum Gasteiger partial charge on any atom is 0.303 e. The van der Waals surface area contributed by atoms with Crippen molar-refractivity contribution in [3.63, 3.8) is 0 Å². The Morgan fingerprint density at radius 1 is 0.807 bits per heavy atom.